The van der Waals surface area contributed by atoms with E-state index < -0.39 is 5.82 Å². The van der Waals surface area contributed by atoms with Gasteiger partial charge in [0.1, 0.15) is 5.82 Å². The van der Waals surface area contributed by atoms with E-state index in [1.807, 2.05) is 18.2 Å². The first kappa shape index (κ1) is 14.0. The molecule has 0 aliphatic carbocycles. The molecule has 2 aromatic rings. The minimum atomic E-state index is -0.440. The van der Waals surface area contributed by atoms with Crippen LogP contribution in [-0.4, -0.2) is 29.9 Å². The summed E-state index contributed by atoms with van der Waals surface area (Å²) >= 11 is 0. The average Bonchev–Trinajstić information content (AvgIpc) is 2.47. The Morgan fingerprint density at radius 1 is 1.30 bits per heavy atom. The molecule has 0 saturated heterocycles. The van der Waals surface area contributed by atoms with E-state index in [0.717, 1.165) is 5.69 Å². The minimum Gasteiger partial charge on any atom is -0.385 e. The number of nitrogens with zero attached hydrogens (tertiary/aromatic N) is 2. The highest BCUT2D eigenvalue weighted by Crippen LogP contribution is 2.21. The number of hydrogen-bond acceptors (Lipinski definition) is 3. The first-order valence-electron chi connectivity index (χ1n) is 6.25. The number of para-hydroxylation sites is 1. The van der Waals surface area contributed by atoms with Crippen molar-refractivity contribution in [3.8, 4) is 0 Å². The first-order valence-corrected chi connectivity index (χ1v) is 6.25. The lowest BCUT2D eigenvalue weighted by Crippen LogP contribution is -2.27. The summed E-state index contributed by atoms with van der Waals surface area (Å²) in [6.45, 7) is 0.374. The smallest absolute Gasteiger partial charge is 0.256 e. The summed E-state index contributed by atoms with van der Waals surface area (Å²) in [6, 6.07) is 9.97. The normalized spacial score (nSPS) is 10.2. The number of nitrogens with one attached hydrogen (secondary N) is 1. The summed E-state index contributed by atoms with van der Waals surface area (Å²) in [5.41, 5.74) is 1.31. The van der Waals surface area contributed by atoms with E-state index >= 15 is 0 Å². The third kappa shape index (κ3) is 2.93. The van der Waals surface area contributed by atoms with Crippen LogP contribution in [0.25, 0.3) is 0 Å². The van der Waals surface area contributed by atoms with Gasteiger partial charge < -0.3 is 10.2 Å². The predicted molar refractivity (Wildman–Crippen MR) is 76.0 cm³/mol. The van der Waals surface area contributed by atoms with Crippen LogP contribution < -0.4 is 5.32 Å². The van der Waals surface area contributed by atoms with E-state index in [-0.39, 0.29) is 11.6 Å². The van der Waals surface area contributed by atoms with Gasteiger partial charge in [-0.25, -0.2) is 4.39 Å². The Balaban J connectivity index is 2.21. The van der Waals surface area contributed by atoms with Crippen molar-refractivity contribution >= 4 is 11.6 Å². The zero-order valence-corrected chi connectivity index (χ0v) is 11.4. The number of anilines is 1. The lowest BCUT2D eigenvalue weighted by Gasteiger charge is -2.18. The standard InChI is InChI=1S/C15H16FN3O/c1-17-14-12(7-5-8-13(14)16)15(20)19(2)10-11-6-3-4-9-18-11/h3-9,17H,10H2,1-2H3. The van der Waals surface area contributed by atoms with E-state index in [9.17, 15) is 9.18 Å². The molecule has 1 aromatic carbocycles. The number of rotatable bonds is 4. The summed E-state index contributed by atoms with van der Waals surface area (Å²) in [5.74, 6) is -0.691. The molecule has 0 fully saturated rings. The van der Waals surface area contributed by atoms with Crippen molar-refractivity contribution in [2.24, 2.45) is 0 Å². The van der Waals surface area contributed by atoms with Crippen molar-refractivity contribution in [3.63, 3.8) is 0 Å². The topological polar surface area (TPSA) is 45.2 Å². The summed E-state index contributed by atoms with van der Waals surface area (Å²) < 4.78 is 13.7. The number of carbonyl (C=O) groups excluding carboxylic acids is 1. The minimum absolute atomic E-state index is 0.213. The first-order chi connectivity index (χ1) is 9.63. The van der Waals surface area contributed by atoms with Crippen LogP contribution in [0.3, 0.4) is 0 Å². The molecule has 0 atom stereocenters. The molecule has 0 unspecified atom stereocenters. The maximum atomic E-state index is 13.7. The number of pyridine rings is 1. The Kier molecular flexibility index (Phi) is 4.30. The fraction of sp³-hybridized carbons (Fsp3) is 0.200. The Hall–Kier alpha value is -2.43. The SMILES string of the molecule is CNc1c(F)cccc1C(=O)N(C)Cc1ccccn1. The fourth-order valence-electron chi connectivity index (χ4n) is 1.97. The molecule has 0 saturated carbocycles. The van der Waals surface area contributed by atoms with Gasteiger partial charge in [-0.3, -0.25) is 9.78 Å². The number of hydrogen-bond donors (Lipinski definition) is 1. The van der Waals surface area contributed by atoms with Crippen molar-refractivity contribution in [1.82, 2.24) is 9.88 Å². The second-order valence-corrected chi connectivity index (χ2v) is 4.39. The zero-order valence-electron chi connectivity index (χ0n) is 11.4. The van der Waals surface area contributed by atoms with Gasteiger partial charge >= 0.3 is 0 Å². The Morgan fingerprint density at radius 2 is 2.10 bits per heavy atom. The molecule has 2 rings (SSSR count). The third-order valence-corrected chi connectivity index (χ3v) is 2.97. The van der Waals surface area contributed by atoms with Gasteiger partial charge in [-0.15, -0.1) is 0 Å². The number of amides is 1. The summed E-state index contributed by atoms with van der Waals surface area (Å²) in [5, 5.41) is 2.73. The lowest BCUT2D eigenvalue weighted by molar-refractivity contribution is 0.0784. The molecule has 0 spiro atoms. The third-order valence-electron chi connectivity index (χ3n) is 2.97. The van der Waals surface area contributed by atoms with Gasteiger partial charge in [-0.1, -0.05) is 12.1 Å². The molecule has 1 heterocycles. The molecular formula is C15H16FN3O. The maximum Gasteiger partial charge on any atom is 0.256 e. The van der Waals surface area contributed by atoms with Gasteiger partial charge in [0.2, 0.25) is 0 Å². The second-order valence-electron chi connectivity index (χ2n) is 4.39. The Bertz CT molecular complexity index is 601. The van der Waals surface area contributed by atoms with Crippen molar-refractivity contribution in [1.29, 1.82) is 0 Å². The van der Waals surface area contributed by atoms with Crippen molar-refractivity contribution in [2.45, 2.75) is 6.54 Å². The van der Waals surface area contributed by atoms with Crippen LogP contribution >= 0.6 is 0 Å². The van der Waals surface area contributed by atoms with Crippen LogP contribution in [0, 0.1) is 5.82 Å². The zero-order chi connectivity index (χ0) is 14.5. The molecule has 1 amide bonds. The van der Waals surface area contributed by atoms with Crippen LogP contribution in [0.4, 0.5) is 10.1 Å². The summed E-state index contributed by atoms with van der Waals surface area (Å²) in [4.78, 5) is 18.1. The van der Waals surface area contributed by atoms with Crippen LogP contribution in [0.1, 0.15) is 16.1 Å². The monoisotopic (exact) mass is 273 g/mol. The molecule has 104 valence electrons. The Morgan fingerprint density at radius 3 is 2.75 bits per heavy atom. The number of carbonyl (C=O) groups is 1. The fourth-order valence-corrected chi connectivity index (χ4v) is 1.97. The van der Waals surface area contributed by atoms with Gasteiger partial charge in [0.25, 0.3) is 5.91 Å². The molecule has 5 heteroatoms. The van der Waals surface area contributed by atoms with Gasteiger partial charge in [0.05, 0.1) is 23.5 Å². The highest BCUT2D eigenvalue weighted by Gasteiger charge is 2.18. The van der Waals surface area contributed by atoms with Crippen molar-refractivity contribution in [2.75, 3.05) is 19.4 Å². The maximum absolute atomic E-state index is 13.7. The van der Waals surface area contributed by atoms with Crippen molar-refractivity contribution in [3.05, 3.63) is 59.7 Å². The van der Waals surface area contributed by atoms with Crippen LogP contribution in [0.5, 0.6) is 0 Å². The lowest BCUT2D eigenvalue weighted by atomic mass is 10.1. The Labute approximate surface area is 117 Å². The van der Waals surface area contributed by atoms with E-state index in [1.54, 1.807) is 26.4 Å². The van der Waals surface area contributed by atoms with E-state index in [2.05, 4.69) is 10.3 Å². The highest BCUT2D eigenvalue weighted by atomic mass is 19.1. The van der Waals surface area contributed by atoms with Gasteiger partial charge in [-0.2, -0.15) is 0 Å². The molecule has 4 nitrogen and oxygen atoms in total. The van der Waals surface area contributed by atoms with Gasteiger partial charge in [0, 0.05) is 20.3 Å². The molecule has 0 aliphatic heterocycles. The van der Waals surface area contributed by atoms with Gasteiger partial charge in [0.15, 0.2) is 0 Å². The predicted octanol–water partition coefficient (Wildman–Crippen LogP) is 2.53. The molecule has 0 aliphatic rings. The molecular weight excluding hydrogens is 257 g/mol. The van der Waals surface area contributed by atoms with Crippen LogP contribution in [0.15, 0.2) is 42.6 Å². The van der Waals surface area contributed by atoms with Gasteiger partial charge in [-0.05, 0) is 24.3 Å². The number of benzene rings is 1. The number of halogens is 1. The molecule has 0 radical (unpaired) electrons. The summed E-state index contributed by atoms with van der Waals surface area (Å²) in [6.07, 6.45) is 1.68. The van der Waals surface area contributed by atoms with Crippen molar-refractivity contribution < 1.29 is 9.18 Å². The van der Waals surface area contributed by atoms with Crippen LogP contribution in [0.2, 0.25) is 0 Å². The number of aromatic nitrogens is 1. The van der Waals surface area contributed by atoms with E-state index in [1.165, 1.54) is 17.0 Å². The highest BCUT2D eigenvalue weighted by molar-refractivity contribution is 5.99. The van der Waals surface area contributed by atoms with E-state index in [4.69, 9.17) is 0 Å². The molecule has 20 heavy (non-hydrogen) atoms. The summed E-state index contributed by atoms with van der Waals surface area (Å²) in [7, 11) is 3.26. The largest absolute Gasteiger partial charge is 0.385 e. The quantitative estimate of drug-likeness (QED) is 0.931. The van der Waals surface area contributed by atoms with E-state index in [0.29, 0.717) is 12.1 Å². The molecule has 1 aromatic heterocycles. The molecule has 0 bridgehead atoms. The van der Waals surface area contributed by atoms with Crippen LogP contribution in [-0.2, 0) is 6.54 Å². The second kappa shape index (κ2) is 6.14. The average molecular weight is 273 g/mol. The molecule has 1 N–H and O–H groups in total.